The lowest BCUT2D eigenvalue weighted by molar-refractivity contribution is -0.146. The fraction of sp³-hybridized carbons (Fsp3) is 0.739. The number of nitrogens with one attached hydrogen (secondary N) is 9. The summed E-state index contributed by atoms with van der Waals surface area (Å²) in [6.45, 7) is 27.3. The number of nitrogens with two attached hydrogens (primary N) is 3. The number of carboxylic acids is 3. The van der Waals surface area contributed by atoms with Crippen LogP contribution in [0.5, 0.6) is 0 Å². The fourth-order valence-electron chi connectivity index (χ4n) is 21.9. The summed E-state index contributed by atoms with van der Waals surface area (Å²) in [5.41, 5.74) is 13.1. The van der Waals surface area contributed by atoms with Gasteiger partial charge in [0.05, 0.1) is 18.1 Å². The maximum absolute atomic E-state index is 14.6. The first-order chi connectivity index (χ1) is 59.7. The van der Waals surface area contributed by atoms with Crippen molar-refractivity contribution < 1.29 is 102 Å². The summed E-state index contributed by atoms with van der Waals surface area (Å²) in [5, 5.41) is 53.7. The molecule has 8 saturated carbocycles. The highest BCUT2D eigenvalue weighted by Crippen LogP contribution is 2.67. The van der Waals surface area contributed by atoms with Crippen LogP contribution in [0.3, 0.4) is 0 Å². The van der Waals surface area contributed by atoms with E-state index in [0.29, 0.717) is 110 Å². The molecule has 706 valence electrons. The van der Waals surface area contributed by atoms with Crippen LogP contribution in [-0.2, 0) is 84.8 Å². The Balaban J connectivity index is 0.000000187. The number of piperidine rings is 3. The minimum absolute atomic E-state index is 0.0492. The number of likely N-dealkylation sites (tertiary alicyclic amines) is 3. The van der Waals surface area contributed by atoms with Crippen LogP contribution in [0.1, 0.15) is 243 Å². The number of urea groups is 3. The van der Waals surface area contributed by atoms with Crippen LogP contribution in [0, 0.1) is 92.2 Å². The lowest BCUT2D eigenvalue weighted by atomic mass is 9.80. The molecule has 13 rings (SSSR count). The Bertz CT molecular complexity index is 4500. The number of benzene rings is 1. The lowest BCUT2D eigenvalue weighted by Gasteiger charge is -2.39. The van der Waals surface area contributed by atoms with Gasteiger partial charge in [0.1, 0.15) is 53.4 Å². The standard InChI is InChI=1S/C34H45N5O7.C30H47N5O7.C28H45N5O7/c1-33(2)22-17-39(26(24(22)33)29(42)36-23(27(40)28(35)41)14-18-8-7-9-18)30(43)25(21-15-19-10-3-4-11-20(19)16-21)37-32(46)38-34(31(44)45)12-5-6-13-34;1-28(2,3)22(33-27(42)34-30(26(40)41)12-7-6-8-13-30)25(39)35-15-17-19(29(17,4)5)20(35)24(38)32-18(21(36)23(31)37)14-16-10-9-11-16;1-8-13(2)18(25(38)39)31-26(40)32-21(27(3,4)5)24(37)33-12-15-17(28(15,6)7)19(33)23(36)30-16(11-14-9-10-14)20(34)22(29)35/h3-4,10-11,18,21-26H,5-9,12-17H2,1-2H3,(H2,35,41)(H,36,42)(H,44,45)(H2,37,38,46);16-20,22H,6-15H2,1-5H3,(H2,31,37)(H,32,38)(H,40,41)(H2,33,34,42);13-19,21H,8-12H2,1-7H3,(H2,29,35)(H,30,36)(H,38,39)(H2,31,32,40)/t22-,23?,24-,25-,26-;17-,18?,19-,20-,22+;13-,15-,16?,17-,18-,19-,21+/m000/s1. The van der Waals surface area contributed by atoms with Gasteiger partial charge in [0.2, 0.25) is 52.8 Å². The zero-order chi connectivity index (χ0) is 94.5. The van der Waals surface area contributed by atoms with Crippen molar-refractivity contribution in [1.82, 2.24) is 62.6 Å². The predicted molar refractivity (Wildman–Crippen MR) is 464 cm³/mol. The molecule has 0 aromatic heterocycles. The number of amides is 15. The van der Waals surface area contributed by atoms with Crippen molar-refractivity contribution in [3.05, 3.63) is 35.4 Å². The van der Waals surface area contributed by atoms with Gasteiger partial charge in [-0.25, -0.2) is 28.8 Å². The first kappa shape index (κ1) is 98.3. The summed E-state index contributed by atoms with van der Waals surface area (Å²) >= 11 is 0. The summed E-state index contributed by atoms with van der Waals surface area (Å²) in [5.74, 6) is -12.4. The summed E-state index contributed by atoms with van der Waals surface area (Å²) in [6, 6.07) is -4.52. The minimum Gasteiger partial charge on any atom is -0.480 e. The molecule has 9 aliphatic carbocycles. The third kappa shape index (κ3) is 21.1. The molecule has 3 unspecified atom stereocenters. The van der Waals surface area contributed by atoms with E-state index in [-0.39, 0.29) is 81.3 Å². The number of ketones is 3. The van der Waals surface area contributed by atoms with Crippen LogP contribution >= 0.6 is 0 Å². The van der Waals surface area contributed by atoms with E-state index in [1.54, 1.807) is 48.5 Å². The second kappa shape index (κ2) is 38.0. The van der Waals surface area contributed by atoms with Gasteiger partial charge in [-0.15, -0.1) is 0 Å². The van der Waals surface area contributed by atoms with E-state index in [1.165, 1.54) is 14.7 Å². The van der Waals surface area contributed by atoms with Crippen molar-refractivity contribution in [2.24, 2.45) is 109 Å². The molecule has 11 fully saturated rings. The van der Waals surface area contributed by atoms with Gasteiger partial charge in [-0.05, 0) is 161 Å². The van der Waals surface area contributed by atoms with Gasteiger partial charge in [-0.3, -0.25) is 57.5 Å². The van der Waals surface area contributed by atoms with Crippen molar-refractivity contribution in [3.8, 4) is 0 Å². The number of carbonyl (C=O) groups is 18. The van der Waals surface area contributed by atoms with E-state index < -0.39 is 189 Å². The molecule has 3 heterocycles. The molecule has 15 amide bonds. The first-order valence-electron chi connectivity index (χ1n) is 46.1. The van der Waals surface area contributed by atoms with Crippen LogP contribution in [0.25, 0.3) is 0 Å². The lowest BCUT2D eigenvalue weighted by Crippen LogP contribution is -2.64. The molecule has 18 N–H and O–H groups in total. The van der Waals surface area contributed by atoms with E-state index in [4.69, 9.17) is 17.2 Å². The Kier molecular flexibility index (Phi) is 29.2. The van der Waals surface area contributed by atoms with Gasteiger partial charge in [-0.2, -0.15) is 0 Å². The number of hydrogen-bond donors (Lipinski definition) is 15. The van der Waals surface area contributed by atoms with E-state index in [2.05, 4.69) is 61.7 Å². The van der Waals surface area contributed by atoms with Crippen LogP contribution in [0.15, 0.2) is 24.3 Å². The fourth-order valence-corrected chi connectivity index (χ4v) is 21.9. The van der Waals surface area contributed by atoms with E-state index >= 15 is 0 Å². The van der Waals surface area contributed by atoms with Gasteiger partial charge in [0, 0.05) is 19.6 Å². The molecule has 0 radical (unpaired) electrons. The maximum Gasteiger partial charge on any atom is 0.329 e. The third-order valence-corrected chi connectivity index (χ3v) is 31.1. The molecular formula is C92H137N15O21. The Morgan fingerprint density at radius 3 is 1.05 bits per heavy atom. The molecule has 128 heavy (non-hydrogen) atoms. The average molecular weight is 1790 g/mol. The molecule has 3 saturated heterocycles. The Morgan fingerprint density at radius 2 is 0.750 bits per heavy atom. The van der Waals surface area contributed by atoms with Crippen LogP contribution < -0.4 is 65.1 Å². The molecule has 0 bridgehead atoms. The second-order valence-electron chi connectivity index (χ2n) is 42.9. The molecule has 1 aromatic carbocycles. The van der Waals surface area contributed by atoms with E-state index in [9.17, 15) is 102 Å². The Labute approximate surface area is 747 Å². The van der Waals surface area contributed by atoms with Crippen LogP contribution in [-0.4, -0.2) is 228 Å². The maximum atomic E-state index is 14.6. The number of nitrogens with zero attached hydrogens (tertiary/aromatic N) is 3. The summed E-state index contributed by atoms with van der Waals surface area (Å²) in [4.78, 5) is 237. The number of primary amides is 3. The number of fused-ring (bicyclic) bond motifs is 4. The van der Waals surface area contributed by atoms with Gasteiger partial charge in [0.15, 0.2) is 0 Å². The molecule has 3 aliphatic heterocycles. The highest BCUT2D eigenvalue weighted by molar-refractivity contribution is 6.39. The monoisotopic (exact) mass is 1790 g/mol. The van der Waals surface area contributed by atoms with Crippen molar-refractivity contribution in [2.75, 3.05) is 19.6 Å². The first-order valence-corrected chi connectivity index (χ1v) is 46.1. The molecule has 36 heteroatoms. The normalized spacial score (nSPS) is 26.8. The van der Waals surface area contributed by atoms with Crippen molar-refractivity contribution in [3.63, 3.8) is 0 Å². The molecule has 12 aliphatic rings. The van der Waals surface area contributed by atoms with Crippen LogP contribution in [0.2, 0.25) is 0 Å². The predicted octanol–water partition coefficient (Wildman–Crippen LogP) is 4.40. The minimum atomic E-state index is -1.39. The second-order valence-corrected chi connectivity index (χ2v) is 42.9. The topological polar surface area (TPSA) is 564 Å². The number of rotatable bonds is 33. The highest BCUT2D eigenvalue weighted by Gasteiger charge is 2.73. The quantitative estimate of drug-likeness (QED) is 0.0434. The zero-order valence-corrected chi connectivity index (χ0v) is 76.6. The Hall–Kier alpha value is -10.3. The van der Waals surface area contributed by atoms with Gasteiger partial charge >= 0.3 is 36.0 Å². The van der Waals surface area contributed by atoms with Gasteiger partial charge in [0.25, 0.3) is 17.7 Å². The number of carbonyl (C=O) groups excluding carboxylic acids is 15. The summed E-state index contributed by atoms with van der Waals surface area (Å²) in [6.07, 6.45) is 14.9. The third-order valence-electron chi connectivity index (χ3n) is 31.1. The number of Topliss-reactive ketones (excluding diaryl/α,β-unsaturated/α-hetero) is 3. The Morgan fingerprint density at radius 1 is 0.430 bits per heavy atom. The summed E-state index contributed by atoms with van der Waals surface area (Å²) < 4.78 is 0. The molecule has 17 atom stereocenters. The summed E-state index contributed by atoms with van der Waals surface area (Å²) in [7, 11) is 0. The van der Waals surface area contributed by atoms with Crippen molar-refractivity contribution >= 4 is 107 Å². The SMILES string of the molecule is CC(C)(C)[C@H](NC(=O)NC1(C(=O)O)CCCCC1)C(=O)N1C[C@H]2[C@@H]([C@H]1C(=O)NC(CC1CCC1)C(=O)C(N)=O)C2(C)C.CC1(C)[C@@H]2[C@@H](C(=O)NC(CC3CCC3)C(=O)C(N)=O)N(C(=O)[C@@H](NC(=O)NC3(C(=O)O)CCCC3)C3Cc4ccccc4C3)C[C@@H]21.CC[C@H](C)[C@H](NC(=O)N[C@H](C(=O)N1C[C@H]2[C@@H]([C@H]1C(=O)NC(CC1CC1)C(=O)C(N)=O)C2(C)C)C(C)(C)C)C(=O)O. The van der Waals surface area contributed by atoms with Crippen LogP contribution in [0.4, 0.5) is 14.4 Å². The zero-order valence-electron chi connectivity index (χ0n) is 76.6. The molecular weight excluding hydrogens is 1650 g/mol. The molecule has 36 nitrogen and oxygen atoms in total. The van der Waals surface area contributed by atoms with E-state index in [1.807, 2.05) is 58.9 Å². The average Bonchev–Trinajstić information content (AvgIpc) is 1.53. The number of carboxylic acid groups (broad SMARTS) is 3. The highest BCUT2D eigenvalue weighted by atomic mass is 16.4. The number of aliphatic carboxylic acids is 3. The van der Waals surface area contributed by atoms with Gasteiger partial charge in [-0.1, -0.05) is 211 Å². The molecule has 1 aromatic rings. The molecule has 0 spiro atoms. The van der Waals surface area contributed by atoms with E-state index in [0.717, 1.165) is 68.9 Å². The smallest absolute Gasteiger partial charge is 0.329 e. The van der Waals surface area contributed by atoms with Gasteiger partial charge < -0.3 is 95.1 Å². The van der Waals surface area contributed by atoms with Crippen molar-refractivity contribution in [2.45, 2.75) is 316 Å². The number of hydrogen-bond acceptors (Lipinski definition) is 18. The van der Waals surface area contributed by atoms with Crippen molar-refractivity contribution in [1.29, 1.82) is 0 Å². The largest absolute Gasteiger partial charge is 0.480 e.